The highest BCUT2D eigenvalue weighted by Crippen LogP contribution is 2.14. The molecule has 0 saturated heterocycles. The summed E-state index contributed by atoms with van der Waals surface area (Å²) in [7, 11) is 0. The van der Waals surface area contributed by atoms with Crippen LogP contribution in [-0.4, -0.2) is 5.91 Å². The second-order valence-electron chi connectivity index (χ2n) is 4.37. The van der Waals surface area contributed by atoms with E-state index < -0.39 is 0 Å². The SMILES string of the molecule is N#Cc1cccc(NC(=O)CCc2cccc(Br)c2)c1. The van der Waals surface area contributed by atoms with Crippen LogP contribution in [-0.2, 0) is 11.2 Å². The molecule has 4 heteroatoms. The molecule has 0 radical (unpaired) electrons. The molecule has 1 amide bonds. The van der Waals surface area contributed by atoms with Crippen molar-refractivity contribution in [3.05, 3.63) is 64.1 Å². The topological polar surface area (TPSA) is 52.9 Å². The van der Waals surface area contributed by atoms with Crippen LogP contribution >= 0.6 is 15.9 Å². The van der Waals surface area contributed by atoms with E-state index in [4.69, 9.17) is 5.26 Å². The van der Waals surface area contributed by atoms with Crippen LogP contribution in [0, 0.1) is 11.3 Å². The molecule has 0 unspecified atom stereocenters. The molecule has 0 bridgehead atoms. The highest BCUT2D eigenvalue weighted by atomic mass is 79.9. The van der Waals surface area contributed by atoms with Crippen LogP contribution in [0.15, 0.2) is 53.0 Å². The number of hydrogen-bond donors (Lipinski definition) is 1. The second-order valence-corrected chi connectivity index (χ2v) is 5.29. The summed E-state index contributed by atoms with van der Waals surface area (Å²) in [6, 6.07) is 16.9. The van der Waals surface area contributed by atoms with Gasteiger partial charge in [-0.2, -0.15) is 5.26 Å². The summed E-state index contributed by atoms with van der Waals surface area (Å²) in [6.45, 7) is 0. The molecular weight excluding hydrogens is 316 g/mol. The summed E-state index contributed by atoms with van der Waals surface area (Å²) >= 11 is 3.41. The molecule has 0 atom stereocenters. The molecule has 2 aromatic carbocycles. The average Bonchev–Trinajstić information content (AvgIpc) is 2.45. The zero-order valence-corrected chi connectivity index (χ0v) is 12.4. The van der Waals surface area contributed by atoms with Crippen molar-refractivity contribution in [3.63, 3.8) is 0 Å². The van der Waals surface area contributed by atoms with E-state index in [1.807, 2.05) is 30.3 Å². The molecule has 3 nitrogen and oxygen atoms in total. The zero-order chi connectivity index (χ0) is 14.4. The Morgan fingerprint density at radius 3 is 2.75 bits per heavy atom. The normalized spacial score (nSPS) is 9.80. The number of carbonyl (C=O) groups is 1. The Kier molecular flexibility index (Phi) is 4.91. The molecule has 0 aliphatic rings. The van der Waals surface area contributed by atoms with Gasteiger partial charge in [-0.05, 0) is 42.3 Å². The summed E-state index contributed by atoms with van der Waals surface area (Å²) in [5, 5.41) is 11.6. The van der Waals surface area contributed by atoms with Crippen LogP contribution in [0.25, 0.3) is 0 Å². The smallest absolute Gasteiger partial charge is 0.224 e. The molecular formula is C16H13BrN2O. The van der Waals surface area contributed by atoms with Gasteiger partial charge in [-0.1, -0.05) is 34.1 Å². The van der Waals surface area contributed by atoms with E-state index in [0.717, 1.165) is 10.0 Å². The molecule has 0 spiro atoms. The molecule has 20 heavy (non-hydrogen) atoms. The third kappa shape index (κ3) is 4.22. The first-order chi connectivity index (χ1) is 9.67. The monoisotopic (exact) mass is 328 g/mol. The Labute approximate surface area is 126 Å². The van der Waals surface area contributed by atoms with Crippen molar-refractivity contribution in [3.8, 4) is 6.07 Å². The second kappa shape index (κ2) is 6.88. The number of aryl methyl sites for hydroxylation is 1. The Balaban J connectivity index is 1.91. The third-order valence-electron chi connectivity index (χ3n) is 2.81. The number of halogens is 1. The maximum Gasteiger partial charge on any atom is 0.224 e. The number of benzene rings is 2. The molecule has 0 saturated carbocycles. The van der Waals surface area contributed by atoms with Crippen LogP contribution in [0.1, 0.15) is 17.5 Å². The molecule has 0 fully saturated rings. The molecule has 2 rings (SSSR count). The van der Waals surface area contributed by atoms with E-state index in [0.29, 0.717) is 24.1 Å². The lowest BCUT2D eigenvalue weighted by atomic mass is 10.1. The van der Waals surface area contributed by atoms with E-state index in [9.17, 15) is 4.79 Å². The van der Waals surface area contributed by atoms with E-state index in [-0.39, 0.29) is 5.91 Å². The number of anilines is 1. The molecule has 0 aliphatic carbocycles. The van der Waals surface area contributed by atoms with Gasteiger partial charge in [-0.25, -0.2) is 0 Å². The van der Waals surface area contributed by atoms with E-state index in [1.165, 1.54) is 0 Å². The Morgan fingerprint density at radius 1 is 1.20 bits per heavy atom. The van der Waals surface area contributed by atoms with Crippen molar-refractivity contribution >= 4 is 27.5 Å². The first-order valence-electron chi connectivity index (χ1n) is 6.22. The van der Waals surface area contributed by atoms with Gasteiger partial charge in [0.15, 0.2) is 0 Å². The number of nitrogens with one attached hydrogen (secondary N) is 1. The van der Waals surface area contributed by atoms with Crippen LogP contribution in [0.5, 0.6) is 0 Å². The van der Waals surface area contributed by atoms with Gasteiger partial charge in [0.25, 0.3) is 0 Å². The zero-order valence-electron chi connectivity index (χ0n) is 10.8. The Bertz CT molecular complexity index is 662. The van der Waals surface area contributed by atoms with Crippen molar-refractivity contribution in [1.29, 1.82) is 5.26 Å². The minimum atomic E-state index is -0.0555. The van der Waals surface area contributed by atoms with Crippen molar-refractivity contribution in [1.82, 2.24) is 0 Å². The lowest BCUT2D eigenvalue weighted by Crippen LogP contribution is -2.12. The van der Waals surface area contributed by atoms with Gasteiger partial charge in [0.1, 0.15) is 0 Å². The van der Waals surface area contributed by atoms with Crippen LogP contribution in [0.4, 0.5) is 5.69 Å². The fourth-order valence-electron chi connectivity index (χ4n) is 1.84. The van der Waals surface area contributed by atoms with Crippen LogP contribution < -0.4 is 5.32 Å². The number of nitrogens with zero attached hydrogens (tertiary/aromatic N) is 1. The van der Waals surface area contributed by atoms with Gasteiger partial charge in [-0.15, -0.1) is 0 Å². The van der Waals surface area contributed by atoms with Crippen molar-refractivity contribution < 1.29 is 4.79 Å². The highest BCUT2D eigenvalue weighted by Gasteiger charge is 2.04. The first kappa shape index (κ1) is 14.3. The summed E-state index contributed by atoms with van der Waals surface area (Å²) in [5.41, 5.74) is 2.30. The maximum absolute atomic E-state index is 11.9. The summed E-state index contributed by atoms with van der Waals surface area (Å²) in [5.74, 6) is -0.0555. The van der Waals surface area contributed by atoms with Gasteiger partial charge in [0.2, 0.25) is 5.91 Å². The summed E-state index contributed by atoms with van der Waals surface area (Å²) < 4.78 is 1.01. The van der Waals surface area contributed by atoms with Gasteiger partial charge >= 0.3 is 0 Å². The van der Waals surface area contributed by atoms with Crippen LogP contribution in [0.2, 0.25) is 0 Å². The van der Waals surface area contributed by atoms with Gasteiger partial charge < -0.3 is 5.32 Å². The van der Waals surface area contributed by atoms with Crippen LogP contribution in [0.3, 0.4) is 0 Å². The van der Waals surface area contributed by atoms with Gasteiger partial charge in [0.05, 0.1) is 11.6 Å². The number of carbonyl (C=O) groups excluding carboxylic acids is 1. The fourth-order valence-corrected chi connectivity index (χ4v) is 2.29. The fraction of sp³-hybridized carbons (Fsp3) is 0.125. The molecule has 2 aromatic rings. The predicted molar refractivity (Wildman–Crippen MR) is 82.2 cm³/mol. The lowest BCUT2D eigenvalue weighted by Gasteiger charge is -2.06. The number of rotatable bonds is 4. The molecule has 1 N–H and O–H groups in total. The summed E-state index contributed by atoms with van der Waals surface area (Å²) in [4.78, 5) is 11.9. The van der Waals surface area contributed by atoms with Gasteiger partial charge in [0, 0.05) is 16.6 Å². The van der Waals surface area contributed by atoms with E-state index >= 15 is 0 Å². The van der Waals surface area contributed by atoms with Gasteiger partial charge in [-0.3, -0.25) is 4.79 Å². The van der Waals surface area contributed by atoms with Crippen molar-refractivity contribution in [2.45, 2.75) is 12.8 Å². The molecule has 100 valence electrons. The quantitative estimate of drug-likeness (QED) is 0.925. The van der Waals surface area contributed by atoms with Crippen molar-refractivity contribution in [2.75, 3.05) is 5.32 Å². The number of nitriles is 1. The Hall–Kier alpha value is -2.12. The van der Waals surface area contributed by atoms with E-state index in [1.54, 1.807) is 24.3 Å². The third-order valence-corrected chi connectivity index (χ3v) is 3.30. The van der Waals surface area contributed by atoms with E-state index in [2.05, 4.69) is 21.2 Å². The molecule has 0 aliphatic heterocycles. The first-order valence-corrected chi connectivity index (χ1v) is 7.01. The standard InChI is InChI=1S/C16H13BrN2O/c17-14-5-1-3-12(9-14)7-8-16(20)19-15-6-2-4-13(10-15)11-18/h1-6,9-10H,7-8H2,(H,19,20). The average molecular weight is 329 g/mol. The molecule has 0 heterocycles. The lowest BCUT2D eigenvalue weighted by molar-refractivity contribution is -0.116. The minimum absolute atomic E-state index is 0.0555. The largest absolute Gasteiger partial charge is 0.326 e. The molecule has 0 aromatic heterocycles. The number of hydrogen-bond acceptors (Lipinski definition) is 2. The maximum atomic E-state index is 11.9. The summed E-state index contributed by atoms with van der Waals surface area (Å²) in [6.07, 6.45) is 1.09. The number of amides is 1. The Morgan fingerprint density at radius 2 is 2.00 bits per heavy atom. The minimum Gasteiger partial charge on any atom is -0.326 e. The predicted octanol–water partition coefficient (Wildman–Crippen LogP) is 3.89. The van der Waals surface area contributed by atoms with Crippen molar-refractivity contribution in [2.24, 2.45) is 0 Å². The highest BCUT2D eigenvalue weighted by molar-refractivity contribution is 9.10.